The van der Waals surface area contributed by atoms with Gasteiger partial charge in [-0.3, -0.25) is 29.2 Å². The molecule has 0 bridgehead atoms. The van der Waals surface area contributed by atoms with Crippen LogP contribution in [0.3, 0.4) is 0 Å². The number of fused-ring (bicyclic) bond motifs is 2. The third-order valence-corrected chi connectivity index (χ3v) is 6.22. The topological polar surface area (TPSA) is 125 Å². The number of halogens is 1. The van der Waals surface area contributed by atoms with E-state index in [0.717, 1.165) is 5.56 Å². The Morgan fingerprint density at radius 1 is 1.06 bits per heavy atom. The van der Waals surface area contributed by atoms with Gasteiger partial charge in [0.15, 0.2) is 0 Å². The molecule has 0 aliphatic carbocycles. The highest BCUT2D eigenvalue weighted by Crippen LogP contribution is 2.38. The second-order valence-corrected chi connectivity index (χ2v) is 8.33. The van der Waals surface area contributed by atoms with E-state index in [1.165, 1.54) is 16.8 Å². The molecule has 2 aliphatic heterocycles. The number of nitrogens with two attached hydrogens (primary N) is 1. The summed E-state index contributed by atoms with van der Waals surface area (Å²) in [6, 6.07) is 8.56. The van der Waals surface area contributed by atoms with Gasteiger partial charge in [-0.2, -0.15) is 0 Å². The van der Waals surface area contributed by atoms with Crippen molar-refractivity contribution in [3.05, 3.63) is 62.9 Å². The van der Waals surface area contributed by atoms with Crippen molar-refractivity contribution in [2.45, 2.75) is 31.3 Å². The molecule has 2 aliphatic rings. The highest BCUT2D eigenvalue weighted by Gasteiger charge is 2.35. The van der Waals surface area contributed by atoms with E-state index in [4.69, 9.17) is 22.1 Å². The van der Waals surface area contributed by atoms with Crippen LogP contribution in [0, 0.1) is 0 Å². The standard InChI is InChI=1S/C22H19ClN4O5/c23-12-2-5-18-14(10-12)15(7-8-32-18)26-17-9-11(20(24)29)1-3-13(17)22(31)27(26)16-4-6-19(28)25-21(16)30/h1-3,5,9-10,15-16H,4,6-8H2,(H2,24,29)(H,25,28,30)/t15-,16?/m1/s1. The number of carbonyl (C=O) groups is 3. The zero-order valence-corrected chi connectivity index (χ0v) is 17.6. The number of aromatic nitrogens is 2. The van der Waals surface area contributed by atoms with Gasteiger partial charge in [0.2, 0.25) is 11.8 Å². The summed E-state index contributed by atoms with van der Waals surface area (Å²) in [5, 5.41) is 3.16. The lowest BCUT2D eigenvalue weighted by Crippen LogP contribution is -2.46. The van der Waals surface area contributed by atoms with Gasteiger partial charge in [-0.25, -0.2) is 4.68 Å². The van der Waals surface area contributed by atoms with Crippen LogP contribution < -0.4 is 21.3 Å². The lowest BCUT2D eigenvalue weighted by atomic mass is 10.00. The van der Waals surface area contributed by atoms with E-state index in [1.54, 1.807) is 28.9 Å². The van der Waals surface area contributed by atoms with Crippen molar-refractivity contribution < 1.29 is 19.1 Å². The Labute approximate surface area is 186 Å². The Hall–Kier alpha value is -3.59. The molecule has 0 spiro atoms. The molecule has 3 aromatic rings. The Morgan fingerprint density at radius 3 is 2.62 bits per heavy atom. The van der Waals surface area contributed by atoms with E-state index in [9.17, 15) is 19.2 Å². The van der Waals surface area contributed by atoms with E-state index >= 15 is 0 Å². The Bertz CT molecular complexity index is 1360. The quantitative estimate of drug-likeness (QED) is 0.585. The zero-order valence-electron chi connectivity index (χ0n) is 16.8. The molecule has 0 radical (unpaired) electrons. The fourth-order valence-corrected chi connectivity index (χ4v) is 4.70. The number of imide groups is 1. The second kappa shape index (κ2) is 7.52. The Balaban J connectivity index is 1.81. The molecule has 5 rings (SSSR count). The van der Waals surface area contributed by atoms with Gasteiger partial charge < -0.3 is 10.5 Å². The summed E-state index contributed by atoms with van der Waals surface area (Å²) >= 11 is 6.25. The number of benzene rings is 2. The van der Waals surface area contributed by atoms with Gasteiger partial charge in [-0.15, -0.1) is 0 Å². The number of nitrogens with one attached hydrogen (secondary N) is 1. The largest absolute Gasteiger partial charge is 0.493 e. The van der Waals surface area contributed by atoms with Crippen molar-refractivity contribution >= 4 is 40.2 Å². The summed E-state index contributed by atoms with van der Waals surface area (Å²) in [7, 11) is 0. The average molecular weight is 455 g/mol. The number of piperidine rings is 1. The number of carbonyl (C=O) groups excluding carboxylic acids is 3. The summed E-state index contributed by atoms with van der Waals surface area (Å²) in [5.74, 6) is -0.919. The molecule has 10 heteroatoms. The van der Waals surface area contributed by atoms with Gasteiger partial charge in [0, 0.05) is 29.0 Å². The average Bonchev–Trinajstić information content (AvgIpc) is 3.05. The fraction of sp³-hybridized carbons (Fsp3) is 0.273. The lowest BCUT2D eigenvalue weighted by molar-refractivity contribution is -0.136. The van der Waals surface area contributed by atoms with Crippen LogP contribution >= 0.6 is 11.6 Å². The maximum Gasteiger partial charge on any atom is 0.275 e. The molecule has 164 valence electrons. The first-order valence-corrected chi connectivity index (χ1v) is 10.6. The van der Waals surface area contributed by atoms with Gasteiger partial charge in [0.1, 0.15) is 11.8 Å². The van der Waals surface area contributed by atoms with Gasteiger partial charge in [0.05, 0.1) is 23.6 Å². The minimum atomic E-state index is -0.880. The third kappa shape index (κ3) is 3.16. The number of primary amides is 1. The summed E-state index contributed by atoms with van der Waals surface area (Å²) in [5.41, 5.74) is 6.56. The van der Waals surface area contributed by atoms with E-state index in [-0.39, 0.29) is 29.9 Å². The molecular weight excluding hydrogens is 436 g/mol. The minimum Gasteiger partial charge on any atom is -0.493 e. The molecule has 2 atom stereocenters. The fourth-order valence-electron chi connectivity index (χ4n) is 4.52. The van der Waals surface area contributed by atoms with Crippen LogP contribution in [0.25, 0.3) is 10.9 Å². The van der Waals surface area contributed by atoms with Gasteiger partial charge >= 0.3 is 0 Å². The number of rotatable bonds is 3. The molecule has 1 unspecified atom stereocenters. The Morgan fingerprint density at radius 2 is 1.88 bits per heavy atom. The predicted octanol–water partition coefficient (Wildman–Crippen LogP) is 1.90. The van der Waals surface area contributed by atoms with Crippen LogP contribution in [0.15, 0.2) is 41.2 Å². The minimum absolute atomic E-state index is 0.118. The van der Waals surface area contributed by atoms with E-state index < -0.39 is 23.9 Å². The maximum absolute atomic E-state index is 13.5. The van der Waals surface area contributed by atoms with Crippen molar-refractivity contribution in [2.24, 2.45) is 5.73 Å². The monoisotopic (exact) mass is 454 g/mol. The summed E-state index contributed by atoms with van der Waals surface area (Å²) in [4.78, 5) is 49.8. The normalized spacial score (nSPS) is 20.5. The molecule has 3 heterocycles. The van der Waals surface area contributed by atoms with Crippen LogP contribution in [0.2, 0.25) is 5.02 Å². The summed E-state index contributed by atoms with van der Waals surface area (Å²) in [6.07, 6.45) is 0.812. The lowest BCUT2D eigenvalue weighted by Gasteiger charge is -2.32. The molecule has 2 aromatic carbocycles. The molecule has 1 saturated heterocycles. The Kier molecular flexibility index (Phi) is 4.78. The maximum atomic E-state index is 13.5. The van der Waals surface area contributed by atoms with Crippen molar-refractivity contribution in [1.82, 2.24) is 14.7 Å². The molecule has 3 N–H and O–H groups in total. The first-order valence-electron chi connectivity index (χ1n) is 10.2. The van der Waals surface area contributed by atoms with E-state index in [2.05, 4.69) is 5.32 Å². The number of hydrogen-bond acceptors (Lipinski definition) is 5. The highest BCUT2D eigenvalue weighted by molar-refractivity contribution is 6.30. The van der Waals surface area contributed by atoms with Crippen molar-refractivity contribution in [3.63, 3.8) is 0 Å². The molecule has 9 nitrogen and oxygen atoms in total. The first kappa shape index (κ1) is 20.3. The molecule has 3 amide bonds. The highest BCUT2D eigenvalue weighted by atomic mass is 35.5. The molecular formula is C22H19ClN4O5. The van der Waals surface area contributed by atoms with Crippen molar-refractivity contribution in [2.75, 3.05) is 6.61 Å². The predicted molar refractivity (Wildman–Crippen MR) is 116 cm³/mol. The van der Waals surface area contributed by atoms with E-state index in [1.807, 2.05) is 0 Å². The molecule has 1 fully saturated rings. The van der Waals surface area contributed by atoms with Crippen LogP contribution in [0.4, 0.5) is 0 Å². The number of ether oxygens (including phenoxy) is 1. The van der Waals surface area contributed by atoms with E-state index in [0.29, 0.717) is 34.7 Å². The van der Waals surface area contributed by atoms with Crippen LogP contribution in [0.5, 0.6) is 5.75 Å². The number of hydrogen-bond donors (Lipinski definition) is 2. The summed E-state index contributed by atoms with van der Waals surface area (Å²) < 4.78 is 8.88. The van der Waals surface area contributed by atoms with Crippen LogP contribution in [-0.4, -0.2) is 33.7 Å². The first-order chi connectivity index (χ1) is 15.3. The van der Waals surface area contributed by atoms with Gasteiger partial charge in [-0.05, 0) is 42.8 Å². The number of amides is 3. The SMILES string of the molecule is NC(=O)c1ccc2c(=O)n(C3CCC(=O)NC3=O)n([C@@H]3CCOc4ccc(Cl)cc43)c2c1. The van der Waals surface area contributed by atoms with Gasteiger partial charge in [0.25, 0.3) is 11.5 Å². The second-order valence-electron chi connectivity index (χ2n) is 7.89. The van der Waals surface area contributed by atoms with Crippen molar-refractivity contribution in [1.29, 1.82) is 0 Å². The van der Waals surface area contributed by atoms with Crippen LogP contribution in [0.1, 0.15) is 47.3 Å². The third-order valence-electron chi connectivity index (χ3n) is 5.98. The van der Waals surface area contributed by atoms with Gasteiger partial charge in [-0.1, -0.05) is 11.6 Å². The van der Waals surface area contributed by atoms with Crippen LogP contribution in [-0.2, 0) is 9.59 Å². The molecule has 32 heavy (non-hydrogen) atoms. The smallest absolute Gasteiger partial charge is 0.275 e. The summed E-state index contributed by atoms with van der Waals surface area (Å²) in [6.45, 7) is 0.387. The molecule has 1 aromatic heterocycles. The van der Waals surface area contributed by atoms with Crippen molar-refractivity contribution in [3.8, 4) is 5.75 Å². The number of nitrogens with zero attached hydrogens (tertiary/aromatic N) is 2. The zero-order chi connectivity index (χ0) is 22.6. The molecule has 0 saturated carbocycles.